The number of ether oxygens (including phenoxy) is 4. The third-order valence-corrected chi connectivity index (χ3v) is 6.49. The van der Waals surface area contributed by atoms with Gasteiger partial charge >= 0.3 is 0 Å². The van der Waals surface area contributed by atoms with Gasteiger partial charge in [-0.15, -0.1) is 0 Å². The Morgan fingerprint density at radius 2 is 1.00 bits per heavy atom. The zero-order chi connectivity index (χ0) is 22.9. The van der Waals surface area contributed by atoms with E-state index in [1.165, 1.54) is 0 Å². The van der Waals surface area contributed by atoms with Crippen molar-refractivity contribution in [3.8, 4) is 0 Å². The van der Waals surface area contributed by atoms with E-state index in [2.05, 4.69) is 22.6 Å². The van der Waals surface area contributed by atoms with Crippen LogP contribution in [0.1, 0.15) is 16.7 Å². The van der Waals surface area contributed by atoms with Crippen LogP contribution in [0.25, 0.3) is 0 Å². The number of rotatable bonds is 10. The molecule has 4 rings (SSSR count). The number of hydrogen-bond donors (Lipinski definition) is 1. The zero-order valence-electron chi connectivity index (χ0n) is 18.3. The quantitative estimate of drug-likeness (QED) is 0.283. The van der Waals surface area contributed by atoms with E-state index < -0.39 is 24.6 Å². The molecule has 1 saturated heterocycles. The highest BCUT2D eigenvalue weighted by molar-refractivity contribution is 14.1. The Balaban J connectivity index is 1.53. The van der Waals surface area contributed by atoms with Gasteiger partial charge in [-0.05, 0) is 16.7 Å². The molecular weight excluding hydrogens is 531 g/mol. The minimum Gasteiger partial charge on any atom is -0.368 e. The van der Waals surface area contributed by atoms with Crippen molar-refractivity contribution < 1.29 is 24.1 Å². The molecule has 3 aromatic rings. The summed E-state index contributed by atoms with van der Waals surface area (Å²) >= 11 is 2.26. The normalized spacial score (nSPS) is 25.1. The first-order valence-corrected chi connectivity index (χ1v) is 12.6. The molecule has 0 bridgehead atoms. The minimum absolute atomic E-state index is 0.318. The molecule has 5 atom stereocenters. The molecule has 33 heavy (non-hydrogen) atoms. The molecule has 0 aliphatic carbocycles. The van der Waals surface area contributed by atoms with E-state index in [0.717, 1.165) is 16.7 Å². The van der Waals surface area contributed by atoms with Crippen molar-refractivity contribution in [3.05, 3.63) is 108 Å². The fourth-order valence-corrected chi connectivity index (χ4v) is 4.60. The first-order chi connectivity index (χ1) is 16.2. The van der Waals surface area contributed by atoms with Crippen LogP contribution in [-0.4, -0.2) is 40.2 Å². The molecule has 0 radical (unpaired) electrons. The van der Waals surface area contributed by atoms with Gasteiger partial charge < -0.3 is 24.1 Å². The Labute approximate surface area is 208 Å². The van der Waals surface area contributed by atoms with Crippen molar-refractivity contribution in [2.75, 3.05) is 4.43 Å². The van der Waals surface area contributed by atoms with E-state index in [4.69, 9.17) is 18.9 Å². The Morgan fingerprint density at radius 1 is 0.606 bits per heavy atom. The number of halogens is 1. The maximum atomic E-state index is 10.8. The van der Waals surface area contributed by atoms with Crippen LogP contribution in [0, 0.1) is 0 Å². The highest BCUT2D eigenvalue weighted by Crippen LogP contribution is 2.30. The predicted octanol–water partition coefficient (Wildman–Crippen LogP) is 4.89. The monoisotopic (exact) mass is 560 g/mol. The highest BCUT2D eigenvalue weighted by Gasteiger charge is 2.47. The van der Waals surface area contributed by atoms with E-state index in [1.54, 1.807) is 0 Å². The van der Waals surface area contributed by atoms with Crippen molar-refractivity contribution in [1.29, 1.82) is 0 Å². The number of aliphatic hydroxyl groups is 1. The van der Waals surface area contributed by atoms with Gasteiger partial charge in [0.2, 0.25) is 0 Å². The molecule has 1 fully saturated rings. The summed E-state index contributed by atoms with van der Waals surface area (Å²) in [5.41, 5.74) is 3.14. The molecule has 6 heteroatoms. The zero-order valence-corrected chi connectivity index (χ0v) is 20.5. The van der Waals surface area contributed by atoms with Gasteiger partial charge in [0, 0.05) is 4.43 Å². The van der Waals surface area contributed by atoms with Crippen molar-refractivity contribution >= 4 is 22.6 Å². The van der Waals surface area contributed by atoms with E-state index in [-0.39, 0.29) is 6.10 Å². The van der Waals surface area contributed by atoms with Crippen molar-refractivity contribution in [3.63, 3.8) is 0 Å². The van der Waals surface area contributed by atoms with Crippen LogP contribution < -0.4 is 0 Å². The second-order valence-corrected chi connectivity index (χ2v) is 8.88. The van der Waals surface area contributed by atoms with Crippen molar-refractivity contribution in [2.45, 2.75) is 50.5 Å². The molecule has 5 nitrogen and oxygen atoms in total. The third kappa shape index (κ3) is 6.85. The highest BCUT2D eigenvalue weighted by atomic mass is 127. The first kappa shape index (κ1) is 24.3. The Bertz CT molecular complexity index is 941. The van der Waals surface area contributed by atoms with Gasteiger partial charge in [-0.25, -0.2) is 0 Å². The van der Waals surface area contributed by atoms with Gasteiger partial charge in [0.1, 0.15) is 18.3 Å². The second-order valence-electron chi connectivity index (χ2n) is 8.00. The largest absolute Gasteiger partial charge is 0.368 e. The fourth-order valence-electron chi connectivity index (χ4n) is 3.89. The molecular formula is C27H29IO5. The summed E-state index contributed by atoms with van der Waals surface area (Å²) in [4.78, 5) is 0. The van der Waals surface area contributed by atoms with Crippen molar-refractivity contribution in [1.82, 2.24) is 0 Å². The van der Waals surface area contributed by atoms with Crippen LogP contribution in [-0.2, 0) is 38.8 Å². The number of aliphatic hydroxyl groups excluding tert-OH is 1. The molecule has 1 N–H and O–H groups in total. The lowest BCUT2D eigenvalue weighted by Crippen LogP contribution is -2.60. The van der Waals surface area contributed by atoms with Gasteiger partial charge in [-0.1, -0.05) is 114 Å². The van der Waals surface area contributed by atoms with E-state index >= 15 is 0 Å². The van der Waals surface area contributed by atoms with E-state index in [0.29, 0.717) is 24.2 Å². The lowest BCUT2D eigenvalue weighted by molar-refractivity contribution is -0.306. The molecule has 0 saturated carbocycles. The number of alkyl halides is 1. The van der Waals surface area contributed by atoms with Crippen LogP contribution in [0.15, 0.2) is 91.0 Å². The summed E-state index contributed by atoms with van der Waals surface area (Å²) < 4.78 is 25.5. The Morgan fingerprint density at radius 3 is 1.42 bits per heavy atom. The van der Waals surface area contributed by atoms with Crippen LogP contribution in [0.3, 0.4) is 0 Å². The molecule has 0 aromatic heterocycles. The molecule has 3 aromatic carbocycles. The lowest BCUT2D eigenvalue weighted by Gasteiger charge is -2.44. The summed E-state index contributed by atoms with van der Waals surface area (Å²) in [7, 11) is 0. The van der Waals surface area contributed by atoms with Gasteiger partial charge in [-0.3, -0.25) is 0 Å². The summed E-state index contributed by atoms with van der Waals surface area (Å²) in [5, 5.41) is 10.8. The standard InChI is InChI=1S/C27H29IO5/c28-16-23-24(30-17-20-10-4-1-5-11-20)25(31-18-21-12-6-2-7-13-21)26(27(29)33-23)32-19-22-14-8-3-9-15-22/h1-15,23-27,29H,16-19H2/t23-,24-,25+,26-,27?/m1/s1. The third-order valence-electron chi connectivity index (χ3n) is 5.62. The SMILES string of the molecule is OC1O[C@H](CI)[C@@H](OCc2ccccc2)[C@H](OCc2ccccc2)[C@H]1OCc1ccccc1. The molecule has 1 aliphatic rings. The number of benzene rings is 3. The first-order valence-electron chi connectivity index (χ1n) is 11.1. The Kier molecular flexibility index (Phi) is 9.28. The van der Waals surface area contributed by atoms with E-state index in [1.807, 2.05) is 91.0 Å². The average Bonchev–Trinajstić information content (AvgIpc) is 2.87. The maximum Gasteiger partial charge on any atom is 0.184 e. The summed E-state index contributed by atoms with van der Waals surface area (Å²) in [6, 6.07) is 29.9. The lowest BCUT2D eigenvalue weighted by atomic mass is 9.98. The molecule has 0 amide bonds. The van der Waals surface area contributed by atoms with Gasteiger partial charge in [0.15, 0.2) is 6.29 Å². The van der Waals surface area contributed by atoms with Crippen LogP contribution in [0.5, 0.6) is 0 Å². The van der Waals surface area contributed by atoms with Gasteiger partial charge in [0.05, 0.1) is 25.9 Å². The molecule has 1 heterocycles. The van der Waals surface area contributed by atoms with Crippen LogP contribution >= 0.6 is 22.6 Å². The maximum absolute atomic E-state index is 10.8. The predicted molar refractivity (Wildman–Crippen MR) is 135 cm³/mol. The summed E-state index contributed by atoms with van der Waals surface area (Å²) in [6.45, 7) is 1.16. The fraction of sp³-hybridized carbons (Fsp3) is 0.333. The number of hydrogen-bond acceptors (Lipinski definition) is 5. The summed E-state index contributed by atoms with van der Waals surface area (Å²) in [6.07, 6.45) is -3.00. The van der Waals surface area contributed by atoms with Gasteiger partial charge in [0.25, 0.3) is 0 Å². The summed E-state index contributed by atoms with van der Waals surface area (Å²) in [5.74, 6) is 0. The molecule has 174 valence electrons. The smallest absolute Gasteiger partial charge is 0.184 e. The van der Waals surface area contributed by atoms with E-state index in [9.17, 15) is 5.11 Å². The van der Waals surface area contributed by atoms with Crippen LogP contribution in [0.2, 0.25) is 0 Å². The van der Waals surface area contributed by atoms with Gasteiger partial charge in [-0.2, -0.15) is 0 Å². The van der Waals surface area contributed by atoms with Crippen molar-refractivity contribution in [2.24, 2.45) is 0 Å². The van der Waals surface area contributed by atoms with Crippen LogP contribution in [0.4, 0.5) is 0 Å². The molecule has 1 aliphatic heterocycles. The Hall–Kier alpha value is -1.81. The molecule has 1 unspecified atom stereocenters. The average molecular weight is 560 g/mol. The topological polar surface area (TPSA) is 57.2 Å². The minimum atomic E-state index is -1.11. The second kappa shape index (κ2) is 12.6. The molecule has 0 spiro atoms.